The van der Waals surface area contributed by atoms with Crippen LogP contribution in [0, 0.1) is 0 Å². The van der Waals surface area contributed by atoms with Crippen molar-refractivity contribution in [1.82, 2.24) is 10.3 Å². The minimum absolute atomic E-state index is 0.00351. The highest BCUT2D eigenvalue weighted by molar-refractivity contribution is 7.09. The number of rotatable bonds is 5. The van der Waals surface area contributed by atoms with E-state index in [1.54, 1.807) is 0 Å². The molecule has 2 N–H and O–H groups in total. The monoisotopic (exact) mass is 332 g/mol. The average Bonchev–Trinajstić information content (AvgIpc) is 3.03. The standard InChI is InChI=1S/C16H16N2O4S/c19-14(17-8-15-18-12(9-23-15)16(20)21)7-13-11-4-2-1-3-10(11)5-6-22-13/h1-4,9,13H,5-8H2,(H,17,19)(H,20,21). The molecule has 7 heteroatoms. The fraction of sp³-hybridized carbons (Fsp3) is 0.312. The number of ether oxygens (including phenoxy) is 1. The predicted octanol–water partition coefficient (Wildman–Crippen LogP) is 2.16. The predicted molar refractivity (Wildman–Crippen MR) is 84.4 cm³/mol. The Labute approximate surface area is 137 Å². The molecule has 0 saturated carbocycles. The van der Waals surface area contributed by atoms with Crippen molar-refractivity contribution in [3.63, 3.8) is 0 Å². The number of thiazole rings is 1. The summed E-state index contributed by atoms with van der Waals surface area (Å²) in [6, 6.07) is 7.99. The van der Waals surface area contributed by atoms with Gasteiger partial charge in [0.2, 0.25) is 5.91 Å². The van der Waals surface area contributed by atoms with Gasteiger partial charge < -0.3 is 15.2 Å². The molecule has 1 aromatic carbocycles. The number of nitrogens with zero attached hydrogens (tertiary/aromatic N) is 1. The average molecular weight is 332 g/mol. The highest BCUT2D eigenvalue weighted by Gasteiger charge is 2.23. The number of hydrogen-bond acceptors (Lipinski definition) is 5. The van der Waals surface area contributed by atoms with Crippen molar-refractivity contribution in [3.8, 4) is 0 Å². The lowest BCUT2D eigenvalue weighted by Crippen LogP contribution is -2.27. The maximum atomic E-state index is 12.1. The normalized spacial score (nSPS) is 16.6. The number of aromatic nitrogens is 1. The van der Waals surface area contributed by atoms with Gasteiger partial charge in [0, 0.05) is 5.38 Å². The molecule has 1 aliphatic heterocycles. The molecular weight excluding hydrogens is 316 g/mol. The Balaban J connectivity index is 1.56. The summed E-state index contributed by atoms with van der Waals surface area (Å²) < 4.78 is 5.71. The van der Waals surface area contributed by atoms with Crippen LogP contribution in [0.4, 0.5) is 0 Å². The van der Waals surface area contributed by atoms with E-state index in [9.17, 15) is 9.59 Å². The third kappa shape index (κ3) is 3.75. The van der Waals surface area contributed by atoms with Gasteiger partial charge in [-0.15, -0.1) is 11.3 Å². The van der Waals surface area contributed by atoms with E-state index < -0.39 is 5.97 Å². The topological polar surface area (TPSA) is 88.5 Å². The lowest BCUT2D eigenvalue weighted by Gasteiger charge is -2.25. The van der Waals surface area contributed by atoms with Crippen molar-refractivity contribution < 1.29 is 19.4 Å². The molecule has 1 aromatic heterocycles. The van der Waals surface area contributed by atoms with E-state index in [0.29, 0.717) is 11.6 Å². The maximum absolute atomic E-state index is 12.1. The smallest absolute Gasteiger partial charge is 0.355 e. The van der Waals surface area contributed by atoms with Gasteiger partial charge in [0.25, 0.3) is 0 Å². The number of hydrogen-bond donors (Lipinski definition) is 2. The van der Waals surface area contributed by atoms with Gasteiger partial charge in [0.1, 0.15) is 5.01 Å². The first-order valence-electron chi connectivity index (χ1n) is 7.27. The Hall–Kier alpha value is -2.25. The molecule has 1 atom stereocenters. The summed E-state index contributed by atoms with van der Waals surface area (Å²) in [4.78, 5) is 26.8. The fourth-order valence-corrected chi connectivity index (χ4v) is 3.26. The Kier molecular flexibility index (Phi) is 4.68. The first kappa shape index (κ1) is 15.6. The lowest BCUT2D eigenvalue weighted by molar-refractivity contribution is -0.124. The van der Waals surface area contributed by atoms with Gasteiger partial charge >= 0.3 is 5.97 Å². The molecule has 0 radical (unpaired) electrons. The Morgan fingerprint density at radius 2 is 2.22 bits per heavy atom. The van der Waals surface area contributed by atoms with Crippen LogP contribution in [-0.2, 0) is 22.5 Å². The molecule has 0 spiro atoms. The Morgan fingerprint density at radius 3 is 3.00 bits per heavy atom. The molecule has 0 saturated heterocycles. The molecule has 23 heavy (non-hydrogen) atoms. The second kappa shape index (κ2) is 6.89. The van der Waals surface area contributed by atoms with Crippen LogP contribution in [0.3, 0.4) is 0 Å². The van der Waals surface area contributed by atoms with E-state index in [4.69, 9.17) is 9.84 Å². The molecule has 0 fully saturated rings. The fourth-order valence-electron chi connectivity index (χ4n) is 2.55. The van der Waals surface area contributed by atoms with Crippen LogP contribution in [0.2, 0.25) is 0 Å². The SMILES string of the molecule is O=C(CC1OCCc2ccccc21)NCc1nc(C(=O)O)cs1. The number of carbonyl (C=O) groups is 2. The summed E-state index contributed by atoms with van der Waals surface area (Å²) in [5.41, 5.74) is 2.29. The van der Waals surface area contributed by atoms with Crippen LogP contribution in [-0.4, -0.2) is 28.6 Å². The van der Waals surface area contributed by atoms with E-state index >= 15 is 0 Å². The number of fused-ring (bicyclic) bond motifs is 1. The largest absolute Gasteiger partial charge is 0.476 e. The second-order valence-corrected chi connectivity index (χ2v) is 6.16. The van der Waals surface area contributed by atoms with Crippen LogP contribution >= 0.6 is 11.3 Å². The van der Waals surface area contributed by atoms with Crippen LogP contribution in [0.1, 0.15) is 39.1 Å². The summed E-state index contributed by atoms with van der Waals surface area (Å²) in [7, 11) is 0. The molecular formula is C16H16N2O4S. The summed E-state index contributed by atoms with van der Waals surface area (Å²) >= 11 is 1.22. The van der Waals surface area contributed by atoms with Gasteiger partial charge in [-0.2, -0.15) is 0 Å². The number of carbonyl (C=O) groups excluding carboxylic acids is 1. The van der Waals surface area contributed by atoms with Crippen LogP contribution in [0.15, 0.2) is 29.6 Å². The van der Waals surface area contributed by atoms with Gasteiger partial charge in [-0.1, -0.05) is 24.3 Å². The van der Waals surface area contributed by atoms with E-state index in [1.165, 1.54) is 22.3 Å². The summed E-state index contributed by atoms with van der Waals surface area (Å²) in [5.74, 6) is -1.20. The summed E-state index contributed by atoms with van der Waals surface area (Å²) in [6.07, 6.45) is 0.880. The number of aromatic carboxylic acids is 1. The molecule has 0 bridgehead atoms. The number of amides is 1. The first-order valence-corrected chi connectivity index (χ1v) is 8.15. The molecule has 1 aliphatic rings. The van der Waals surface area contributed by atoms with Crippen LogP contribution in [0.25, 0.3) is 0 Å². The zero-order valence-corrected chi connectivity index (χ0v) is 13.1. The molecule has 3 rings (SSSR count). The number of carboxylic acids is 1. The van der Waals surface area contributed by atoms with Crippen molar-refractivity contribution >= 4 is 23.2 Å². The van der Waals surface area contributed by atoms with Gasteiger partial charge in [-0.05, 0) is 17.5 Å². The van der Waals surface area contributed by atoms with E-state index in [0.717, 1.165) is 12.0 Å². The van der Waals surface area contributed by atoms with Crippen molar-refractivity contribution in [1.29, 1.82) is 0 Å². The highest BCUT2D eigenvalue weighted by atomic mass is 32.1. The zero-order chi connectivity index (χ0) is 16.2. The number of nitrogens with one attached hydrogen (secondary N) is 1. The molecule has 1 unspecified atom stereocenters. The third-order valence-electron chi connectivity index (χ3n) is 3.67. The molecule has 0 aliphatic carbocycles. The minimum Gasteiger partial charge on any atom is -0.476 e. The third-order valence-corrected chi connectivity index (χ3v) is 4.52. The summed E-state index contributed by atoms with van der Waals surface area (Å²) in [5, 5.41) is 13.6. The molecule has 1 amide bonds. The van der Waals surface area contributed by atoms with Gasteiger partial charge in [0.05, 0.1) is 25.7 Å². The summed E-state index contributed by atoms with van der Waals surface area (Å²) in [6.45, 7) is 0.842. The highest BCUT2D eigenvalue weighted by Crippen LogP contribution is 2.29. The molecule has 120 valence electrons. The van der Waals surface area contributed by atoms with E-state index in [1.807, 2.05) is 18.2 Å². The first-order chi connectivity index (χ1) is 11.1. The second-order valence-electron chi connectivity index (χ2n) is 5.22. The lowest BCUT2D eigenvalue weighted by atomic mass is 9.96. The van der Waals surface area contributed by atoms with Crippen molar-refractivity contribution in [2.75, 3.05) is 6.61 Å². The minimum atomic E-state index is -1.06. The van der Waals surface area contributed by atoms with Crippen molar-refractivity contribution in [3.05, 3.63) is 51.5 Å². The van der Waals surface area contributed by atoms with E-state index in [2.05, 4.69) is 16.4 Å². The van der Waals surface area contributed by atoms with Gasteiger partial charge in [-0.25, -0.2) is 9.78 Å². The van der Waals surface area contributed by atoms with Crippen LogP contribution in [0.5, 0.6) is 0 Å². The number of carboxylic acid groups (broad SMARTS) is 1. The molecule has 6 nitrogen and oxygen atoms in total. The zero-order valence-electron chi connectivity index (χ0n) is 12.3. The Bertz CT molecular complexity index is 728. The molecule has 2 aromatic rings. The maximum Gasteiger partial charge on any atom is 0.355 e. The number of benzene rings is 1. The molecule has 2 heterocycles. The van der Waals surface area contributed by atoms with Crippen molar-refractivity contribution in [2.45, 2.75) is 25.5 Å². The quantitative estimate of drug-likeness (QED) is 0.876. The van der Waals surface area contributed by atoms with Crippen molar-refractivity contribution in [2.24, 2.45) is 0 Å². The van der Waals surface area contributed by atoms with E-state index in [-0.39, 0.29) is 30.7 Å². The van der Waals surface area contributed by atoms with Gasteiger partial charge in [0.15, 0.2) is 5.69 Å². The van der Waals surface area contributed by atoms with Gasteiger partial charge in [-0.3, -0.25) is 4.79 Å². The Morgan fingerprint density at radius 1 is 1.39 bits per heavy atom. The van der Waals surface area contributed by atoms with Crippen LogP contribution < -0.4 is 5.32 Å².